The van der Waals surface area contributed by atoms with Crippen molar-refractivity contribution in [1.82, 2.24) is 14.0 Å². The van der Waals surface area contributed by atoms with E-state index in [1.54, 1.807) is 0 Å². The van der Waals surface area contributed by atoms with Crippen molar-refractivity contribution in [1.29, 1.82) is 0 Å². The average Bonchev–Trinajstić information content (AvgIpc) is 3.73. The summed E-state index contributed by atoms with van der Waals surface area (Å²) in [7, 11) is 0. The maximum Gasteiger partial charge on any atom is 0.137 e. The summed E-state index contributed by atoms with van der Waals surface area (Å²) in [6.07, 6.45) is 4.13. The first-order valence-electron chi connectivity index (χ1n) is 13.8. The van der Waals surface area contributed by atoms with Gasteiger partial charge in [0.05, 0.1) is 21.4 Å². The molecule has 0 radical (unpaired) electrons. The van der Waals surface area contributed by atoms with E-state index < -0.39 is 0 Å². The first kappa shape index (κ1) is 22.6. The highest BCUT2D eigenvalue weighted by Gasteiger charge is 2.18. The quantitative estimate of drug-likeness (QED) is 0.218. The summed E-state index contributed by atoms with van der Waals surface area (Å²) < 4.78 is 7.16. The molecule has 0 aliphatic carbocycles. The molecule has 0 fully saturated rings. The summed E-state index contributed by atoms with van der Waals surface area (Å²) in [5.74, 6) is 0. The van der Waals surface area contributed by atoms with E-state index >= 15 is 0 Å². The Hall–Kier alpha value is -5.19. The molecule has 4 aromatic heterocycles. The Morgan fingerprint density at radius 3 is 2.22 bits per heavy atom. The fourth-order valence-corrected chi connectivity index (χ4v) is 7.45. The highest BCUT2D eigenvalue weighted by Crippen LogP contribution is 2.43. The predicted molar refractivity (Wildman–Crippen MR) is 173 cm³/mol. The molecule has 0 bridgehead atoms. The summed E-state index contributed by atoms with van der Waals surface area (Å²) in [5, 5.41) is 5.18. The molecular weight excluding hydrogens is 518 g/mol. The largest absolute Gasteiger partial charge is 0.308 e. The molecule has 0 atom stereocenters. The lowest BCUT2D eigenvalue weighted by molar-refractivity contribution is 1.19. The number of hydrogen-bond acceptors (Lipinski definition) is 2. The highest BCUT2D eigenvalue weighted by atomic mass is 32.1. The number of fused-ring (bicyclic) bond motifs is 8. The average molecular weight is 542 g/mol. The molecule has 9 rings (SSSR count). The van der Waals surface area contributed by atoms with Crippen molar-refractivity contribution in [3.63, 3.8) is 0 Å². The first-order valence-corrected chi connectivity index (χ1v) is 14.6. The SMILES string of the molecule is c1ccc(-c2ccc3c(c2)c2ccc4c5ccccc5sc4c2n3-c2ccc(-c3cn4ccccc4n3)cc2)cc1. The fourth-order valence-electron chi connectivity index (χ4n) is 6.21. The molecule has 0 amide bonds. The molecule has 0 saturated heterocycles. The third kappa shape index (κ3) is 3.41. The fraction of sp³-hybridized carbons (Fsp3) is 0. The van der Waals surface area contributed by atoms with Crippen LogP contribution in [-0.2, 0) is 0 Å². The van der Waals surface area contributed by atoms with Crippen molar-refractivity contribution in [2.24, 2.45) is 0 Å². The lowest BCUT2D eigenvalue weighted by Gasteiger charge is -2.10. The zero-order valence-electron chi connectivity index (χ0n) is 22.0. The van der Waals surface area contributed by atoms with Crippen LogP contribution in [0.3, 0.4) is 0 Å². The van der Waals surface area contributed by atoms with E-state index in [2.05, 4.69) is 124 Å². The Labute approximate surface area is 240 Å². The van der Waals surface area contributed by atoms with E-state index in [1.807, 2.05) is 35.7 Å². The molecule has 3 nitrogen and oxygen atoms in total. The van der Waals surface area contributed by atoms with Crippen LogP contribution >= 0.6 is 11.3 Å². The van der Waals surface area contributed by atoms with Gasteiger partial charge in [-0.15, -0.1) is 11.3 Å². The molecule has 4 heterocycles. The van der Waals surface area contributed by atoms with Crippen molar-refractivity contribution < 1.29 is 0 Å². The smallest absolute Gasteiger partial charge is 0.137 e. The second kappa shape index (κ2) is 8.65. The van der Waals surface area contributed by atoms with Gasteiger partial charge in [0.2, 0.25) is 0 Å². The van der Waals surface area contributed by atoms with Crippen LogP contribution in [0, 0.1) is 0 Å². The van der Waals surface area contributed by atoms with Crippen LogP contribution in [0.2, 0.25) is 0 Å². The molecule has 9 aromatic rings. The molecule has 0 saturated carbocycles. The van der Waals surface area contributed by atoms with Crippen LogP contribution in [-0.4, -0.2) is 14.0 Å². The van der Waals surface area contributed by atoms with E-state index in [9.17, 15) is 0 Å². The van der Waals surface area contributed by atoms with Crippen molar-refractivity contribution >= 4 is 59.0 Å². The normalized spacial score (nSPS) is 11.9. The van der Waals surface area contributed by atoms with Crippen LogP contribution in [0.4, 0.5) is 0 Å². The maximum atomic E-state index is 4.84. The van der Waals surface area contributed by atoms with Gasteiger partial charge < -0.3 is 8.97 Å². The van der Waals surface area contributed by atoms with Gasteiger partial charge in [0.15, 0.2) is 0 Å². The minimum Gasteiger partial charge on any atom is -0.308 e. The van der Waals surface area contributed by atoms with Crippen LogP contribution < -0.4 is 0 Å². The molecule has 192 valence electrons. The van der Waals surface area contributed by atoms with E-state index in [1.165, 1.54) is 53.1 Å². The van der Waals surface area contributed by atoms with E-state index in [0.29, 0.717) is 0 Å². The zero-order valence-corrected chi connectivity index (χ0v) is 22.8. The van der Waals surface area contributed by atoms with E-state index in [-0.39, 0.29) is 0 Å². The third-order valence-corrected chi connectivity index (χ3v) is 9.36. The van der Waals surface area contributed by atoms with Crippen LogP contribution in [0.25, 0.3) is 75.7 Å². The predicted octanol–water partition coefficient (Wildman–Crippen LogP) is 10.1. The summed E-state index contributed by atoms with van der Waals surface area (Å²) >= 11 is 1.88. The maximum absolute atomic E-state index is 4.84. The molecular formula is C37H23N3S. The molecule has 0 spiro atoms. The van der Waals surface area contributed by atoms with Crippen LogP contribution in [0.5, 0.6) is 0 Å². The standard InChI is InChI=1S/C37H23N3S/c1-2-8-24(9-3-1)26-15-20-33-31(22-26)29-18-19-30-28-10-4-5-11-34(28)41-37(30)36(29)40(33)27-16-13-25(14-17-27)32-23-39-21-7-6-12-35(39)38-32/h1-23H. The van der Waals surface area contributed by atoms with Crippen LogP contribution in [0.1, 0.15) is 0 Å². The molecule has 0 aliphatic heterocycles. The number of thiophene rings is 1. The van der Waals surface area contributed by atoms with Crippen molar-refractivity contribution in [3.8, 4) is 28.1 Å². The number of pyridine rings is 1. The lowest BCUT2D eigenvalue weighted by Crippen LogP contribution is -1.94. The van der Waals surface area contributed by atoms with Gasteiger partial charge in [0, 0.05) is 49.9 Å². The second-order valence-electron chi connectivity index (χ2n) is 10.5. The number of benzene rings is 5. The van der Waals surface area contributed by atoms with Crippen molar-refractivity contribution in [2.45, 2.75) is 0 Å². The summed E-state index contributed by atoms with van der Waals surface area (Å²) in [5.41, 5.74) is 9.13. The summed E-state index contributed by atoms with van der Waals surface area (Å²) in [4.78, 5) is 4.84. The minimum absolute atomic E-state index is 0.954. The van der Waals surface area contributed by atoms with E-state index in [4.69, 9.17) is 4.98 Å². The number of imidazole rings is 1. The summed E-state index contributed by atoms with van der Waals surface area (Å²) in [6.45, 7) is 0. The molecule has 0 aliphatic rings. The zero-order chi connectivity index (χ0) is 26.9. The first-order chi connectivity index (χ1) is 20.3. The Bertz CT molecular complexity index is 2370. The van der Waals surface area contributed by atoms with Crippen LogP contribution in [0.15, 0.2) is 140 Å². The Kier molecular flexibility index (Phi) is 4.77. The lowest BCUT2D eigenvalue weighted by atomic mass is 10.0. The summed E-state index contributed by atoms with van der Waals surface area (Å²) in [6, 6.07) is 45.8. The molecule has 0 unspecified atom stereocenters. The Morgan fingerprint density at radius 2 is 1.34 bits per heavy atom. The van der Waals surface area contributed by atoms with Gasteiger partial charge in [0.25, 0.3) is 0 Å². The Balaban J connectivity index is 1.31. The minimum atomic E-state index is 0.954. The molecule has 0 N–H and O–H groups in total. The topological polar surface area (TPSA) is 22.2 Å². The van der Waals surface area contributed by atoms with Crippen molar-refractivity contribution in [2.75, 3.05) is 0 Å². The van der Waals surface area contributed by atoms with Crippen molar-refractivity contribution in [3.05, 3.63) is 140 Å². The third-order valence-electron chi connectivity index (χ3n) is 8.16. The number of rotatable bonds is 3. The van der Waals surface area contributed by atoms with E-state index in [0.717, 1.165) is 22.6 Å². The molecule has 41 heavy (non-hydrogen) atoms. The van der Waals surface area contributed by atoms with Gasteiger partial charge in [-0.2, -0.15) is 0 Å². The van der Waals surface area contributed by atoms with Gasteiger partial charge in [-0.1, -0.05) is 84.9 Å². The van der Waals surface area contributed by atoms with Gasteiger partial charge in [-0.3, -0.25) is 0 Å². The number of nitrogens with zero attached hydrogens (tertiary/aromatic N) is 3. The van der Waals surface area contributed by atoms with Gasteiger partial charge >= 0.3 is 0 Å². The second-order valence-corrected chi connectivity index (χ2v) is 11.6. The number of hydrogen-bond donors (Lipinski definition) is 0. The highest BCUT2D eigenvalue weighted by molar-refractivity contribution is 7.26. The monoisotopic (exact) mass is 541 g/mol. The molecule has 5 aromatic carbocycles. The van der Waals surface area contributed by atoms with Gasteiger partial charge in [-0.25, -0.2) is 4.98 Å². The number of aromatic nitrogens is 3. The molecule has 4 heteroatoms. The Morgan fingerprint density at radius 1 is 0.561 bits per heavy atom. The van der Waals surface area contributed by atoms with Gasteiger partial charge in [0.1, 0.15) is 5.65 Å². The van der Waals surface area contributed by atoms with Gasteiger partial charge in [-0.05, 0) is 53.6 Å².